The van der Waals surface area contributed by atoms with Crippen molar-refractivity contribution in [2.24, 2.45) is 9.98 Å². The van der Waals surface area contributed by atoms with Crippen LogP contribution in [0.4, 0.5) is 26.3 Å². The van der Waals surface area contributed by atoms with Crippen LogP contribution < -0.4 is 57.3 Å². The third kappa shape index (κ3) is 16.5. The SMILES string of the molecule is COc1cc(C)c(O/C(=C2/N=C(Oc3ccc(F)cc3)C=C2Oc2ccc(F)cc2)c2cc(Cl)c(Oc3ccc(F)cc3)[n-]2)c(C)c1.COc1cc(C)c(O/C(=C2\C=C(Cl)C(Oc3ccc(F)cc3)=N2)c2[n-]c(Oc3ccc(F)cc3)c(Cl)c2Oc2ccc(F)cc2)c(C)c1.[Co+2]. The Hall–Kier alpha value is -10.4. The smallest absolute Gasteiger partial charge is 0.623 e. The summed E-state index contributed by atoms with van der Waals surface area (Å²) in [4.78, 5) is 18.5. The third-order valence-electron chi connectivity index (χ3n) is 13.7. The first-order valence-electron chi connectivity index (χ1n) is 28.5. The summed E-state index contributed by atoms with van der Waals surface area (Å²) in [5, 5.41) is 0.187. The molecule has 96 heavy (non-hydrogen) atoms. The van der Waals surface area contributed by atoms with Crippen molar-refractivity contribution in [3.8, 4) is 75.0 Å². The van der Waals surface area contributed by atoms with Crippen molar-refractivity contribution in [2.45, 2.75) is 27.7 Å². The zero-order valence-corrected chi connectivity index (χ0v) is 54.3. The Morgan fingerprint density at radius 2 is 0.781 bits per heavy atom. The molecule has 2 aliphatic rings. The normalized spacial score (nSPS) is 13.4. The van der Waals surface area contributed by atoms with Gasteiger partial charge in [-0.2, -0.15) is 0 Å². The second-order valence-corrected chi connectivity index (χ2v) is 21.9. The molecule has 4 heterocycles. The number of allylic oxidation sites excluding steroid dienone is 1. The number of aromatic nitrogens is 2. The number of hydrogen-bond donors (Lipinski definition) is 0. The second kappa shape index (κ2) is 30.3. The summed E-state index contributed by atoms with van der Waals surface area (Å²) in [7, 11) is 3.13. The molecule has 0 saturated heterocycles. The molecule has 14 nitrogen and oxygen atoms in total. The third-order valence-corrected chi connectivity index (χ3v) is 14.6. The predicted molar refractivity (Wildman–Crippen MR) is 347 cm³/mol. The largest absolute Gasteiger partial charge is 2.00 e. The average molecular weight is 1410 g/mol. The maximum absolute atomic E-state index is 13.8. The number of halogens is 9. The minimum atomic E-state index is -0.472. The molecular weight excluding hydrogens is 1360 g/mol. The molecule has 1 radical (unpaired) electrons. The van der Waals surface area contributed by atoms with Gasteiger partial charge in [0, 0.05) is 17.8 Å². The van der Waals surface area contributed by atoms with Gasteiger partial charge >= 0.3 is 16.8 Å². The molecule has 0 fully saturated rings. The van der Waals surface area contributed by atoms with Crippen LogP contribution >= 0.6 is 34.8 Å². The number of aryl methyl sites for hydroxylation is 4. The van der Waals surface area contributed by atoms with Crippen molar-refractivity contribution in [1.82, 2.24) is 9.97 Å². The number of hydrogen-bond acceptors (Lipinski definition) is 12. The summed E-state index contributed by atoms with van der Waals surface area (Å²) < 4.78 is 142. The number of nitrogens with zero attached hydrogens (tertiary/aromatic N) is 4. The summed E-state index contributed by atoms with van der Waals surface area (Å²) in [5.41, 5.74) is 3.50. The number of methoxy groups -OCH3 is 2. The van der Waals surface area contributed by atoms with E-state index in [9.17, 15) is 26.3 Å². The quantitative estimate of drug-likeness (QED) is 0.0595. The van der Waals surface area contributed by atoms with Crippen LogP contribution in [0.25, 0.3) is 11.5 Å². The van der Waals surface area contributed by atoms with E-state index in [4.69, 9.17) is 82.2 Å². The fourth-order valence-electron chi connectivity index (χ4n) is 9.26. The zero-order chi connectivity index (χ0) is 67.0. The van der Waals surface area contributed by atoms with Crippen molar-refractivity contribution in [3.63, 3.8) is 0 Å². The van der Waals surface area contributed by atoms with Crippen molar-refractivity contribution in [2.75, 3.05) is 14.2 Å². The standard InChI is InChI=1S/C36H24Cl2F3N2O5.C36H25ClF3N2O5.Co/c1-19-16-27(44-3)17-20(2)32(19)48-33(29-18-28(37)35(42-29)46-25-12-6-22(40)7-13-25)31-34(45-24-10-4-21(39)5-11-24)30(38)36(43-31)47-26-14-8-23(41)9-15-26;1-20-16-28(43-3)17-21(2)34(20)47-35(30-18-29(37)36(41-30)46-27-14-8-24(40)9-15-27)33-31(44-25-10-4-22(38)5-11-25)19-32(42-33)45-26-12-6-23(39)7-13-26;/h4-18H,1-3H3;4-19H,1-3H3;/q2*-1;+2/b33-29+;35-33+;. The van der Waals surface area contributed by atoms with Gasteiger partial charge < -0.3 is 57.3 Å². The van der Waals surface area contributed by atoms with E-state index in [0.29, 0.717) is 51.4 Å². The van der Waals surface area contributed by atoms with Gasteiger partial charge in [0.05, 0.1) is 19.2 Å². The van der Waals surface area contributed by atoms with Crippen LogP contribution in [-0.2, 0) is 16.8 Å². The van der Waals surface area contributed by atoms with E-state index in [-0.39, 0.29) is 118 Å². The fraction of sp³-hybridized carbons (Fsp3) is 0.0833. The molecule has 489 valence electrons. The van der Waals surface area contributed by atoms with Crippen LogP contribution in [0.3, 0.4) is 0 Å². The first kappa shape index (κ1) is 68.4. The average Bonchev–Trinajstić information content (AvgIpc) is 1.61. The topological polar surface area (TPSA) is 145 Å². The molecule has 24 heteroatoms. The molecule has 0 N–H and O–H groups in total. The Balaban J connectivity index is 0.000000207. The van der Waals surface area contributed by atoms with Crippen molar-refractivity contribution >= 4 is 58.1 Å². The molecule has 10 aromatic rings. The number of benzene rings is 8. The Bertz CT molecular complexity index is 4650. The van der Waals surface area contributed by atoms with Gasteiger partial charge in [-0.1, -0.05) is 46.6 Å². The number of ether oxygens (including phenoxy) is 10. The van der Waals surface area contributed by atoms with Gasteiger partial charge in [0.25, 0.3) is 0 Å². The van der Waals surface area contributed by atoms with E-state index < -0.39 is 34.9 Å². The molecule has 0 aliphatic carbocycles. The van der Waals surface area contributed by atoms with E-state index in [0.717, 1.165) is 11.1 Å². The fourth-order valence-corrected chi connectivity index (χ4v) is 9.84. The second-order valence-electron chi connectivity index (χ2n) is 20.7. The van der Waals surface area contributed by atoms with Crippen LogP contribution in [0.15, 0.2) is 220 Å². The molecule has 8 aromatic carbocycles. The van der Waals surface area contributed by atoms with E-state index in [1.807, 2.05) is 39.8 Å². The first-order chi connectivity index (χ1) is 45.7. The van der Waals surface area contributed by atoms with E-state index in [2.05, 4.69) is 20.0 Å². The summed E-state index contributed by atoms with van der Waals surface area (Å²) in [6.45, 7) is 7.38. The van der Waals surface area contributed by atoms with E-state index in [1.54, 1.807) is 26.4 Å². The molecule has 12 rings (SSSR count). The Kier molecular flexibility index (Phi) is 21.6. The van der Waals surface area contributed by atoms with Crippen LogP contribution in [0.5, 0.6) is 75.0 Å². The molecule has 0 spiro atoms. The van der Waals surface area contributed by atoms with Gasteiger partial charge in [0.15, 0.2) is 11.5 Å². The molecule has 0 atom stereocenters. The minimum absolute atomic E-state index is 0. The van der Waals surface area contributed by atoms with Crippen LogP contribution in [0, 0.1) is 62.6 Å². The van der Waals surface area contributed by atoms with Gasteiger partial charge in [-0.25, -0.2) is 36.3 Å². The molecule has 0 unspecified atom stereocenters. The molecule has 2 aromatic heterocycles. The zero-order valence-electron chi connectivity index (χ0n) is 51.0. The minimum Gasteiger partial charge on any atom is -0.623 e. The van der Waals surface area contributed by atoms with Crippen molar-refractivity contribution < 1.29 is 90.5 Å². The van der Waals surface area contributed by atoms with Crippen molar-refractivity contribution in [3.05, 3.63) is 289 Å². The van der Waals surface area contributed by atoms with Gasteiger partial charge in [0.1, 0.15) is 125 Å². The maximum Gasteiger partial charge on any atom is 2.00 e. The molecular formula is C72H49Cl3CoF6N4O10. The molecule has 0 bridgehead atoms. The number of aliphatic imine (C=N–C) groups is 2. The summed E-state index contributed by atoms with van der Waals surface area (Å²) in [6.07, 6.45) is 3.01. The first-order valence-corrected chi connectivity index (χ1v) is 29.6. The van der Waals surface area contributed by atoms with Crippen LogP contribution in [0.1, 0.15) is 33.6 Å². The molecule has 2 aliphatic heterocycles. The van der Waals surface area contributed by atoms with Gasteiger partial charge in [0.2, 0.25) is 11.8 Å². The Labute approximate surface area is 571 Å². The predicted octanol–water partition coefficient (Wildman–Crippen LogP) is 19.6. The summed E-state index contributed by atoms with van der Waals surface area (Å²) in [5.74, 6) is 1.54. The Morgan fingerprint density at radius 3 is 1.22 bits per heavy atom. The summed E-state index contributed by atoms with van der Waals surface area (Å²) in [6, 6.07) is 40.8. The van der Waals surface area contributed by atoms with Gasteiger partial charge in [-0.05, 0) is 232 Å². The maximum atomic E-state index is 13.8. The monoisotopic (exact) mass is 1410 g/mol. The van der Waals surface area contributed by atoms with Crippen LogP contribution in [-0.4, -0.2) is 26.0 Å². The summed E-state index contributed by atoms with van der Waals surface area (Å²) >= 11 is 20.0. The molecule has 0 saturated carbocycles. The molecule has 0 amide bonds. The van der Waals surface area contributed by atoms with E-state index >= 15 is 0 Å². The number of rotatable bonds is 18. The van der Waals surface area contributed by atoms with Crippen molar-refractivity contribution in [1.29, 1.82) is 0 Å². The van der Waals surface area contributed by atoms with Gasteiger partial charge in [-0.3, -0.25) is 0 Å². The van der Waals surface area contributed by atoms with E-state index in [1.165, 1.54) is 164 Å². The van der Waals surface area contributed by atoms with Crippen LogP contribution in [0.2, 0.25) is 10.0 Å². The van der Waals surface area contributed by atoms with Gasteiger partial charge in [-0.15, -0.1) is 0 Å². The Morgan fingerprint density at radius 1 is 0.396 bits per heavy atom.